The van der Waals surface area contributed by atoms with Gasteiger partial charge in [0.1, 0.15) is 6.07 Å². The lowest BCUT2D eigenvalue weighted by Gasteiger charge is -2.12. The molecule has 86 valence electrons. The molecule has 3 nitrogen and oxygen atoms in total. The smallest absolute Gasteiger partial charge is 0.103 e. The van der Waals surface area contributed by atoms with Gasteiger partial charge in [-0.05, 0) is 34.5 Å². The number of nitrogens with zero attached hydrogens (tertiary/aromatic N) is 2. The number of hydrogen-bond donors (Lipinski definition) is 1. The van der Waals surface area contributed by atoms with Crippen molar-refractivity contribution >= 4 is 44.1 Å². The van der Waals surface area contributed by atoms with Gasteiger partial charge in [-0.25, -0.2) is 0 Å². The fourth-order valence-electron chi connectivity index (χ4n) is 1.77. The van der Waals surface area contributed by atoms with Crippen LogP contribution in [0.2, 0.25) is 5.02 Å². The summed E-state index contributed by atoms with van der Waals surface area (Å²) in [4.78, 5) is 4.27. The minimum Gasteiger partial charge on any atom is -0.386 e. The molecule has 1 heterocycles. The van der Waals surface area contributed by atoms with Crippen LogP contribution >= 0.6 is 27.5 Å². The molecule has 0 fully saturated rings. The number of hydrogen-bond acceptors (Lipinski definition) is 3. The second kappa shape index (κ2) is 4.52. The van der Waals surface area contributed by atoms with Gasteiger partial charge in [0, 0.05) is 23.1 Å². The Kier molecular flexibility index (Phi) is 3.23. The van der Waals surface area contributed by atoms with Crippen molar-refractivity contribution in [1.82, 2.24) is 4.98 Å². The number of aromatic nitrogens is 1. The zero-order valence-electron chi connectivity index (χ0n) is 9.31. The van der Waals surface area contributed by atoms with Crippen LogP contribution in [0.4, 0.5) is 5.69 Å². The molecule has 0 saturated carbocycles. The van der Waals surface area contributed by atoms with E-state index in [4.69, 9.17) is 16.9 Å². The van der Waals surface area contributed by atoms with Crippen molar-refractivity contribution in [3.8, 4) is 6.07 Å². The van der Waals surface area contributed by atoms with E-state index in [1.54, 1.807) is 13.2 Å². The Balaban J connectivity index is 3.03. The molecule has 0 aliphatic rings. The van der Waals surface area contributed by atoms with E-state index in [1.807, 2.05) is 13.0 Å². The van der Waals surface area contributed by atoms with Crippen molar-refractivity contribution < 1.29 is 0 Å². The maximum absolute atomic E-state index is 9.05. The van der Waals surface area contributed by atoms with Gasteiger partial charge in [0.15, 0.2) is 0 Å². The Morgan fingerprint density at radius 3 is 2.82 bits per heavy atom. The molecule has 1 N–H and O–H groups in total. The van der Waals surface area contributed by atoms with Crippen molar-refractivity contribution in [2.45, 2.75) is 6.92 Å². The van der Waals surface area contributed by atoms with Crippen LogP contribution in [0, 0.1) is 18.3 Å². The van der Waals surface area contributed by atoms with Gasteiger partial charge in [-0.2, -0.15) is 5.26 Å². The molecule has 0 atom stereocenters. The standard InChI is InChI=1S/C12H9BrClN3/c1-6-3-8(13)12-9(10(6)14)11(16-2)7(4-15)5-17-12/h3,5H,1-2H3,(H,16,17). The number of benzene rings is 1. The van der Waals surface area contributed by atoms with Gasteiger partial charge in [0.05, 0.1) is 21.8 Å². The lowest BCUT2D eigenvalue weighted by Crippen LogP contribution is -1.97. The highest BCUT2D eigenvalue weighted by atomic mass is 79.9. The van der Waals surface area contributed by atoms with Gasteiger partial charge < -0.3 is 5.32 Å². The van der Waals surface area contributed by atoms with Gasteiger partial charge >= 0.3 is 0 Å². The van der Waals surface area contributed by atoms with E-state index in [1.165, 1.54) is 0 Å². The lowest BCUT2D eigenvalue weighted by atomic mass is 10.1. The van der Waals surface area contributed by atoms with E-state index in [0.717, 1.165) is 20.9 Å². The molecule has 2 rings (SSSR count). The Morgan fingerprint density at radius 1 is 1.53 bits per heavy atom. The number of fused-ring (bicyclic) bond motifs is 1. The molecule has 0 unspecified atom stereocenters. The van der Waals surface area contributed by atoms with Crippen LogP contribution in [-0.4, -0.2) is 12.0 Å². The van der Waals surface area contributed by atoms with Crippen molar-refractivity contribution in [2.75, 3.05) is 12.4 Å². The first-order chi connectivity index (χ1) is 8.10. The van der Waals surface area contributed by atoms with E-state index in [2.05, 4.69) is 32.3 Å². The summed E-state index contributed by atoms with van der Waals surface area (Å²) in [6, 6.07) is 4.03. The van der Waals surface area contributed by atoms with Crippen LogP contribution in [0.15, 0.2) is 16.7 Å². The molecule has 1 aromatic heterocycles. The number of anilines is 1. The van der Waals surface area contributed by atoms with Crippen LogP contribution in [-0.2, 0) is 0 Å². The maximum atomic E-state index is 9.05. The minimum absolute atomic E-state index is 0.486. The van der Waals surface area contributed by atoms with Gasteiger partial charge in [-0.3, -0.25) is 4.98 Å². The predicted octanol–water partition coefficient (Wildman–Crippen LogP) is 3.87. The first kappa shape index (κ1) is 12.2. The zero-order valence-corrected chi connectivity index (χ0v) is 11.6. The highest BCUT2D eigenvalue weighted by Crippen LogP contribution is 2.37. The first-order valence-corrected chi connectivity index (χ1v) is 6.12. The van der Waals surface area contributed by atoms with E-state index in [-0.39, 0.29) is 0 Å². The van der Waals surface area contributed by atoms with Crippen molar-refractivity contribution in [3.05, 3.63) is 32.9 Å². The summed E-state index contributed by atoms with van der Waals surface area (Å²) in [6.45, 7) is 1.92. The number of rotatable bonds is 1. The van der Waals surface area contributed by atoms with Crippen LogP contribution in [0.3, 0.4) is 0 Å². The number of nitriles is 1. The average Bonchev–Trinajstić information content (AvgIpc) is 2.34. The summed E-state index contributed by atoms with van der Waals surface area (Å²) in [6.07, 6.45) is 1.55. The third kappa shape index (κ3) is 1.86. The van der Waals surface area contributed by atoms with E-state index in [0.29, 0.717) is 16.3 Å². The van der Waals surface area contributed by atoms with Crippen LogP contribution < -0.4 is 5.32 Å². The molecule has 0 radical (unpaired) electrons. The highest BCUT2D eigenvalue weighted by molar-refractivity contribution is 9.10. The molecule has 17 heavy (non-hydrogen) atoms. The molecular formula is C12H9BrClN3. The molecule has 0 spiro atoms. The number of pyridine rings is 1. The summed E-state index contributed by atoms with van der Waals surface area (Å²) in [7, 11) is 1.77. The van der Waals surface area contributed by atoms with Crippen molar-refractivity contribution in [1.29, 1.82) is 5.26 Å². The van der Waals surface area contributed by atoms with Crippen molar-refractivity contribution in [3.63, 3.8) is 0 Å². The SMILES string of the molecule is CNc1c(C#N)cnc2c(Br)cc(C)c(Cl)c12. The molecule has 0 aliphatic carbocycles. The van der Waals surface area contributed by atoms with Gasteiger partial charge in [-0.15, -0.1) is 0 Å². The minimum atomic E-state index is 0.486. The second-order valence-electron chi connectivity index (χ2n) is 3.62. The van der Waals surface area contributed by atoms with E-state index >= 15 is 0 Å². The Morgan fingerprint density at radius 2 is 2.24 bits per heavy atom. The molecule has 1 aromatic carbocycles. The fraction of sp³-hybridized carbons (Fsp3) is 0.167. The third-order valence-corrected chi connectivity index (χ3v) is 3.68. The molecule has 0 amide bonds. The zero-order chi connectivity index (χ0) is 12.6. The molecule has 0 saturated heterocycles. The van der Waals surface area contributed by atoms with E-state index in [9.17, 15) is 0 Å². The molecule has 0 aliphatic heterocycles. The number of aryl methyl sites for hydroxylation is 1. The Bertz CT molecular complexity index is 646. The Labute approximate surface area is 113 Å². The molecule has 5 heteroatoms. The Hall–Kier alpha value is -1.31. The molecule has 2 aromatic rings. The highest BCUT2D eigenvalue weighted by Gasteiger charge is 2.14. The average molecular weight is 311 g/mol. The lowest BCUT2D eigenvalue weighted by molar-refractivity contribution is 1.34. The van der Waals surface area contributed by atoms with E-state index < -0.39 is 0 Å². The third-order valence-electron chi connectivity index (χ3n) is 2.58. The quantitative estimate of drug-likeness (QED) is 0.869. The molecule has 0 bridgehead atoms. The largest absolute Gasteiger partial charge is 0.386 e. The summed E-state index contributed by atoms with van der Waals surface area (Å²) in [5.41, 5.74) is 2.90. The summed E-state index contributed by atoms with van der Waals surface area (Å²) < 4.78 is 0.871. The molecular weight excluding hydrogens is 302 g/mol. The van der Waals surface area contributed by atoms with Crippen LogP contribution in [0.25, 0.3) is 10.9 Å². The summed E-state index contributed by atoms with van der Waals surface area (Å²) in [5.74, 6) is 0. The number of nitrogens with one attached hydrogen (secondary N) is 1. The topological polar surface area (TPSA) is 48.7 Å². The normalized spacial score (nSPS) is 10.3. The van der Waals surface area contributed by atoms with Gasteiger partial charge in [-0.1, -0.05) is 11.6 Å². The summed E-state index contributed by atoms with van der Waals surface area (Å²) in [5, 5.41) is 13.5. The van der Waals surface area contributed by atoms with Gasteiger partial charge in [0.2, 0.25) is 0 Å². The second-order valence-corrected chi connectivity index (χ2v) is 4.85. The number of halogens is 2. The monoisotopic (exact) mass is 309 g/mol. The fourth-order valence-corrected chi connectivity index (χ4v) is 2.65. The maximum Gasteiger partial charge on any atom is 0.103 e. The van der Waals surface area contributed by atoms with Crippen LogP contribution in [0.1, 0.15) is 11.1 Å². The van der Waals surface area contributed by atoms with Crippen molar-refractivity contribution in [2.24, 2.45) is 0 Å². The van der Waals surface area contributed by atoms with Crippen LogP contribution in [0.5, 0.6) is 0 Å². The van der Waals surface area contributed by atoms with Gasteiger partial charge in [0.25, 0.3) is 0 Å². The predicted molar refractivity (Wildman–Crippen MR) is 73.5 cm³/mol. The first-order valence-electron chi connectivity index (χ1n) is 4.95. The summed E-state index contributed by atoms with van der Waals surface area (Å²) >= 11 is 9.76.